The summed E-state index contributed by atoms with van der Waals surface area (Å²) >= 11 is 1.51. The predicted octanol–water partition coefficient (Wildman–Crippen LogP) is 4.21. The lowest BCUT2D eigenvalue weighted by Gasteiger charge is -2.17. The molecule has 5 rings (SSSR count). The van der Waals surface area contributed by atoms with Gasteiger partial charge in [0.1, 0.15) is 5.03 Å². The summed E-state index contributed by atoms with van der Waals surface area (Å²) in [7, 11) is 0. The smallest absolute Gasteiger partial charge is 0.237 e. The molecule has 0 fully saturated rings. The van der Waals surface area contributed by atoms with Gasteiger partial charge in [0.25, 0.3) is 0 Å². The first-order valence-electron chi connectivity index (χ1n) is 9.47. The van der Waals surface area contributed by atoms with Gasteiger partial charge in [0.15, 0.2) is 11.5 Å². The molecule has 6 heteroatoms. The monoisotopic (exact) mass is 392 g/mol. The summed E-state index contributed by atoms with van der Waals surface area (Å²) in [6.07, 6.45) is 1.79. The average molecular weight is 392 g/mol. The van der Waals surface area contributed by atoms with Crippen molar-refractivity contribution in [1.29, 1.82) is 0 Å². The molecule has 0 bridgehead atoms. The van der Waals surface area contributed by atoms with E-state index >= 15 is 0 Å². The largest absolute Gasteiger partial charge is 0.454 e. The third kappa shape index (κ3) is 2.98. The fraction of sp³-hybridized carbons (Fsp3) is 0.273. The Labute approximate surface area is 167 Å². The fourth-order valence-electron chi connectivity index (χ4n) is 3.77. The van der Waals surface area contributed by atoms with Crippen molar-refractivity contribution in [3.05, 3.63) is 53.6 Å². The number of carbonyl (C=O) groups excluding carboxylic acids is 1. The standard InChI is InChI=1S/C22H20N2O3S/c1-2-14-9-16-10-19-20(27-13-26-19)11-17(16)23-22(14)28-12-21(25)24-8-7-15-5-3-4-6-18(15)24/h3-6,9-11H,2,7-8,12-13H2,1H3. The number of hydrogen-bond donors (Lipinski definition) is 0. The number of thioether (sulfide) groups is 1. The van der Waals surface area contributed by atoms with Crippen LogP contribution in [0.4, 0.5) is 5.69 Å². The van der Waals surface area contributed by atoms with E-state index in [4.69, 9.17) is 14.5 Å². The van der Waals surface area contributed by atoms with Gasteiger partial charge < -0.3 is 14.4 Å². The molecule has 2 aliphatic rings. The molecular formula is C22H20N2O3S. The minimum Gasteiger partial charge on any atom is -0.454 e. The molecule has 0 N–H and O–H groups in total. The van der Waals surface area contributed by atoms with Gasteiger partial charge in [0.05, 0.1) is 11.3 Å². The van der Waals surface area contributed by atoms with Crippen LogP contribution in [0.25, 0.3) is 10.9 Å². The van der Waals surface area contributed by atoms with Gasteiger partial charge in [-0.3, -0.25) is 4.79 Å². The van der Waals surface area contributed by atoms with Crippen molar-refractivity contribution in [3.63, 3.8) is 0 Å². The Balaban J connectivity index is 1.39. The predicted molar refractivity (Wildman–Crippen MR) is 110 cm³/mol. The normalized spacial score (nSPS) is 14.5. The van der Waals surface area contributed by atoms with E-state index in [0.29, 0.717) is 5.75 Å². The Bertz CT molecular complexity index is 1080. The Morgan fingerprint density at radius 1 is 1.18 bits per heavy atom. The van der Waals surface area contributed by atoms with Crippen molar-refractivity contribution in [3.8, 4) is 11.5 Å². The Morgan fingerprint density at radius 3 is 2.86 bits per heavy atom. The van der Waals surface area contributed by atoms with Crippen LogP contribution < -0.4 is 14.4 Å². The van der Waals surface area contributed by atoms with Gasteiger partial charge in [-0.2, -0.15) is 0 Å². The minimum absolute atomic E-state index is 0.129. The zero-order chi connectivity index (χ0) is 19.1. The van der Waals surface area contributed by atoms with Crippen LogP contribution >= 0.6 is 11.8 Å². The Hall–Kier alpha value is -2.73. The molecule has 0 saturated heterocycles. The van der Waals surface area contributed by atoms with Crippen molar-refractivity contribution in [2.45, 2.75) is 24.8 Å². The summed E-state index contributed by atoms with van der Waals surface area (Å²) < 4.78 is 10.9. The summed E-state index contributed by atoms with van der Waals surface area (Å²) in [6.45, 7) is 3.12. The first kappa shape index (κ1) is 17.4. The highest BCUT2D eigenvalue weighted by Crippen LogP contribution is 2.37. The number of para-hydroxylation sites is 1. The van der Waals surface area contributed by atoms with Gasteiger partial charge in [0.2, 0.25) is 12.7 Å². The molecular weight excluding hydrogens is 372 g/mol. The van der Waals surface area contributed by atoms with Crippen molar-refractivity contribution in [2.24, 2.45) is 0 Å². The summed E-state index contributed by atoms with van der Waals surface area (Å²) in [5.74, 6) is 2.00. The third-order valence-electron chi connectivity index (χ3n) is 5.25. The maximum atomic E-state index is 12.8. The number of carbonyl (C=O) groups is 1. The molecule has 0 unspecified atom stereocenters. The molecule has 5 nitrogen and oxygen atoms in total. The van der Waals surface area contributed by atoms with E-state index in [9.17, 15) is 4.79 Å². The summed E-state index contributed by atoms with van der Waals surface area (Å²) in [5, 5.41) is 1.94. The van der Waals surface area contributed by atoms with Gasteiger partial charge in [-0.1, -0.05) is 36.9 Å². The van der Waals surface area contributed by atoms with E-state index in [-0.39, 0.29) is 12.7 Å². The minimum atomic E-state index is 0.129. The van der Waals surface area contributed by atoms with Gasteiger partial charge in [-0.25, -0.2) is 4.98 Å². The number of nitrogens with zero attached hydrogens (tertiary/aromatic N) is 2. The van der Waals surface area contributed by atoms with Gasteiger partial charge in [0, 0.05) is 23.7 Å². The second kappa shape index (κ2) is 7.02. The van der Waals surface area contributed by atoms with Crippen LogP contribution in [0.5, 0.6) is 11.5 Å². The summed E-state index contributed by atoms with van der Waals surface area (Å²) in [4.78, 5) is 19.6. The molecule has 2 aliphatic heterocycles. The number of aromatic nitrogens is 1. The molecule has 1 aromatic heterocycles. The topological polar surface area (TPSA) is 51.7 Å². The molecule has 3 heterocycles. The summed E-state index contributed by atoms with van der Waals surface area (Å²) in [5.41, 5.74) is 4.30. The SMILES string of the molecule is CCc1cc2cc3c(cc2nc1SCC(=O)N1CCc2ccccc21)OCO3. The van der Waals surface area contributed by atoms with Gasteiger partial charge in [-0.05, 0) is 42.2 Å². The molecule has 0 radical (unpaired) electrons. The maximum absolute atomic E-state index is 12.8. The first-order valence-corrected chi connectivity index (χ1v) is 10.5. The lowest BCUT2D eigenvalue weighted by molar-refractivity contribution is -0.116. The molecule has 142 valence electrons. The number of hydrogen-bond acceptors (Lipinski definition) is 5. The molecule has 0 spiro atoms. The number of aryl methyl sites for hydroxylation is 1. The maximum Gasteiger partial charge on any atom is 0.237 e. The number of amides is 1. The van der Waals surface area contributed by atoms with E-state index < -0.39 is 0 Å². The molecule has 28 heavy (non-hydrogen) atoms. The average Bonchev–Trinajstić information content (AvgIpc) is 3.36. The van der Waals surface area contributed by atoms with Crippen LogP contribution in [0.3, 0.4) is 0 Å². The third-order valence-corrected chi connectivity index (χ3v) is 6.27. The van der Waals surface area contributed by atoms with Crippen molar-refractivity contribution in [2.75, 3.05) is 24.0 Å². The quantitative estimate of drug-likeness (QED) is 0.623. The lowest BCUT2D eigenvalue weighted by atomic mass is 10.1. The second-order valence-corrected chi connectivity index (χ2v) is 7.88. The number of fused-ring (bicyclic) bond motifs is 3. The molecule has 2 aromatic carbocycles. The highest BCUT2D eigenvalue weighted by atomic mass is 32.2. The first-order chi connectivity index (χ1) is 13.7. The molecule has 1 amide bonds. The molecule has 0 atom stereocenters. The van der Waals surface area contributed by atoms with Crippen molar-refractivity contribution >= 4 is 34.3 Å². The number of pyridine rings is 1. The van der Waals surface area contributed by atoms with Crippen molar-refractivity contribution in [1.82, 2.24) is 4.98 Å². The highest BCUT2D eigenvalue weighted by molar-refractivity contribution is 8.00. The van der Waals surface area contributed by atoms with Crippen LogP contribution in [-0.2, 0) is 17.6 Å². The molecule has 3 aromatic rings. The molecule has 0 aliphatic carbocycles. The van der Waals surface area contributed by atoms with Crippen molar-refractivity contribution < 1.29 is 14.3 Å². The van der Waals surface area contributed by atoms with E-state index in [1.165, 1.54) is 17.3 Å². The van der Waals surface area contributed by atoms with E-state index in [0.717, 1.165) is 58.1 Å². The number of ether oxygens (including phenoxy) is 2. The lowest BCUT2D eigenvalue weighted by Crippen LogP contribution is -2.30. The molecule has 0 saturated carbocycles. The van der Waals surface area contributed by atoms with Crippen LogP contribution in [0.1, 0.15) is 18.1 Å². The van der Waals surface area contributed by atoms with E-state index in [1.807, 2.05) is 35.2 Å². The van der Waals surface area contributed by atoms with Crippen LogP contribution in [0.15, 0.2) is 47.5 Å². The Morgan fingerprint density at radius 2 is 2.00 bits per heavy atom. The fourth-order valence-corrected chi connectivity index (χ4v) is 4.74. The second-order valence-electron chi connectivity index (χ2n) is 6.92. The van der Waals surface area contributed by atoms with E-state index in [1.54, 1.807) is 0 Å². The van der Waals surface area contributed by atoms with Crippen LogP contribution in [-0.4, -0.2) is 30.0 Å². The van der Waals surface area contributed by atoms with Gasteiger partial charge >= 0.3 is 0 Å². The number of rotatable bonds is 4. The Kier molecular flexibility index (Phi) is 4.36. The zero-order valence-corrected chi connectivity index (χ0v) is 16.4. The van der Waals surface area contributed by atoms with Crippen LogP contribution in [0, 0.1) is 0 Å². The zero-order valence-electron chi connectivity index (χ0n) is 15.6. The number of anilines is 1. The van der Waals surface area contributed by atoms with Gasteiger partial charge in [-0.15, -0.1) is 0 Å². The number of benzene rings is 2. The highest BCUT2D eigenvalue weighted by Gasteiger charge is 2.24. The summed E-state index contributed by atoms with van der Waals surface area (Å²) in [6, 6.07) is 14.2. The van der Waals surface area contributed by atoms with Crippen LogP contribution in [0.2, 0.25) is 0 Å². The van der Waals surface area contributed by atoms with E-state index in [2.05, 4.69) is 19.1 Å².